The van der Waals surface area contributed by atoms with E-state index in [9.17, 15) is 18.8 Å². The molecule has 0 unspecified atom stereocenters. The maximum Gasteiger partial charge on any atom is 0.319 e. The van der Waals surface area contributed by atoms with Crippen molar-refractivity contribution in [2.24, 2.45) is 0 Å². The minimum Gasteiger partial charge on any atom is -0.491 e. The minimum absolute atomic E-state index is 0.0485. The van der Waals surface area contributed by atoms with E-state index < -0.39 is 29.5 Å². The third-order valence-corrected chi connectivity index (χ3v) is 6.98. The number of carbonyl (C=O) groups is 3. The topological polar surface area (TPSA) is 124 Å². The number of amides is 4. The highest BCUT2D eigenvalue weighted by atomic mass is 19.1. The van der Waals surface area contributed by atoms with E-state index in [0.29, 0.717) is 36.6 Å². The second-order valence-electron chi connectivity index (χ2n) is 9.11. The molecule has 3 atom stereocenters. The molecule has 11 heteroatoms. The number of urea groups is 1. The van der Waals surface area contributed by atoms with Crippen LogP contribution in [0.2, 0.25) is 0 Å². The molecule has 3 N–H and O–H groups in total. The van der Waals surface area contributed by atoms with Crippen molar-refractivity contribution in [1.29, 1.82) is 5.26 Å². The standard InChI is InChI=1S/C25H23F2N5O4/c1-12-19(30-25(35)29-18-4-2-13(10-28)8-16(18)26)11-32(12)20-9-17(27)22(14-6-7-36-23(14)20)15-3-5-21(33)31-24(15)34/h2,4,8-9,12,15,19H,3,5-7,11H2,1H3,(H2,29,30,35)(H,31,33,34)/t12-,15+,19+/m0/s1. The van der Waals surface area contributed by atoms with Gasteiger partial charge in [0.15, 0.2) is 0 Å². The first kappa shape index (κ1) is 23.5. The third kappa shape index (κ3) is 4.08. The van der Waals surface area contributed by atoms with Crippen molar-refractivity contribution < 1.29 is 27.9 Å². The Morgan fingerprint density at radius 2 is 2.03 bits per heavy atom. The number of piperidine rings is 1. The quantitative estimate of drug-likeness (QED) is 0.561. The van der Waals surface area contributed by atoms with Crippen molar-refractivity contribution in [2.45, 2.75) is 44.2 Å². The van der Waals surface area contributed by atoms with Gasteiger partial charge in [0, 0.05) is 42.6 Å². The van der Waals surface area contributed by atoms with E-state index in [2.05, 4.69) is 16.0 Å². The van der Waals surface area contributed by atoms with Crippen molar-refractivity contribution >= 4 is 29.2 Å². The van der Waals surface area contributed by atoms with Crippen LogP contribution in [0.15, 0.2) is 24.3 Å². The Balaban J connectivity index is 1.29. The molecule has 5 rings (SSSR count). The second kappa shape index (κ2) is 9.11. The normalized spacial score (nSPS) is 22.6. The van der Waals surface area contributed by atoms with Crippen LogP contribution in [-0.2, 0) is 16.0 Å². The zero-order valence-corrected chi connectivity index (χ0v) is 19.4. The Kier molecular flexibility index (Phi) is 5.96. The number of carbonyl (C=O) groups excluding carboxylic acids is 3. The number of hydrogen-bond donors (Lipinski definition) is 3. The molecule has 0 aliphatic carbocycles. The van der Waals surface area contributed by atoms with Crippen LogP contribution in [0.1, 0.15) is 42.4 Å². The largest absolute Gasteiger partial charge is 0.491 e. The first-order valence-electron chi connectivity index (χ1n) is 11.6. The maximum absolute atomic E-state index is 15.4. The molecule has 2 saturated heterocycles. The van der Waals surface area contributed by atoms with Gasteiger partial charge in [0.25, 0.3) is 0 Å². The number of nitrogens with zero attached hydrogens (tertiary/aromatic N) is 2. The van der Waals surface area contributed by atoms with E-state index in [4.69, 9.17) is 10.00 Å². The number of fused-ring (bicyclic) bond motifs is 1. The van der Waals surface area contributed by atoms with Crippen LogP contribution in [0.3, 0.4) is 0 Å². The van der Waals surface area contributed by atoms with Gasteiger partial charge in [-0.1, -0.05) is 0 Å². The van der Waals surface area contributed by atoms with E-state index in [1.807, 2.05) is 17.9 Å². The number of rotatable bonds is 4. The average Bonchev–Trinajstić information content (AvgIpc) is 3.33. The molecule has 3 heterocycles. The number of nitrogens with one attached hydrogen (secondary N) is 3. The van der Waals surface area contributed by atoms with Gasteiger partial charge in [0.05, 0.1) is 41.6 Å². The predicted octanol–water partition coefficient (Wildman–Crippen LogP) is 2.69. The fourth-order valence-corrected chi connectivity index (χ4v) is 5.01. The van der Waals surface area contributed by atoms with Crippen LogP contribution >= 0.6 is 0 Å². The molecule has 2 aromatic carbocycles. The summed E-state index contributed by atoms with van der Waals surface area (Å²) in [7, 11) is 0. The molecule has 0 spiro atoms. The number of imide groups is 1. The fourth-order valence-electron chi connectivity index (χ4n) is 5.01. The van der Waals surface area contributed by atoms with Crippen LogP contribution in [0, 0.1) is 23.0 Å². The van der Waals surface area contributed by atoms with Crippen LogP contribution in [0.5, 0.6) is 5.75 Å². The highest BCUT2D eigenvalue weighted by molar-refractivity contribution is 6.01. The molecule has 36 heavy (non-hydrogen) atoms. The van der Waals surface area contributed by atoms with Gasteiger partial charge in [-0.05, 0) is 31.5 Å². The molecule has 2 fully saturated rings. The lowest BCUT2D eigenvalue weighted by atomic mass is 9.85. The number of hydrogen-bond acceptors (Lipinski definition) is 6. The predicted molar refractivity (Wildman–Crippen MR) is 125 cm³/mol. The van der Waals surface area contributed by atoms with Crippen molar-refractivity contribution in [3.05, 3.63) is 52.6 Å². The summed E-state index contributed by atoms with van der Waals surface area (Å²) in [5.41, 5.74) is 1.56. The first-order chi connectivity index (χ1) is 17.3. The van der Waals surface area contributed by atoms with Crippen molar-refractivity contribution in [2.75, 3.05) is 23.4 Å². The maximum atomic E-state index is 15.4. The highest BCUT2D eigenvalue weighted by Gasteiger charge is 2.41. The molecule has 186 valence electrons. The lowest BCUT2D eigenvalue weighted by Crippen LogP contribution is -2.66. The monoisotopic (exact) mass is 495 g/mol. The summed E-state index contributed by atoms with van der Waals surface area (Å²) < 4.78 is 35.3. The van der Waals surface area contributed by atoms with Crippen LogP contribution in [-0.4, -0.2) is 43.1 Å². The lowest BCUT2D eigenvalue weighted by Gasteiger charge is -2.48. The number of ether oxygens (including phenoxy) is 1. The lowest BCUT2D eigenvalue weighted by molar-refractivity contribution is -0.134. The number of nitriles is 1. The summed E-state index contributed by atoms with van der Waals surface area (Å²) in [4.78, 5) is 38.2. The molecular weight excluding hydrogens is 472 g/mol. The Labute approximate surface area is 205 Å². The highest BCUT2D eigenvalue weighted by Crippen LogP contribution is 2.46. The number of halogens is 2. The zero-order chi connectivity index (χ0) is 25.6. The van der Waals surface area contributed by atoms with Gasteiger partial charge in [0.2, 0.25) is 11.8 Å². The number of anilines is 2. The Morgan fingerprint density at radius 1 is 1.22 bits per heavy atom. The van der Waals surface area contributed by atoms with Crippen molar-refractivity contribution in [3.63, 3.8) is 0 Å². The van der Waals surface area contributed by atoms with E-state index in [1.54, 1.807) is 0 Å². The molecule has 0 radical (unpaired) electrons. The summed E-state index contributed by atoms with van der Waals surface area (Å²) in [5.74, 6) is -2.33. The van der Waals surface area contributed by atoms with Crippen LogP contribution in [0.4, 0.5) is 25.0 Å². The summed E-state index contributed by atoms with van der Waals surface area (Å²) >= 11 is 0. The van der Waals surface area contributed by atoms with Gasteiger partial charge < -0.3 is 20.3 Å². The second-order valence-corrected chi connectivity index (χ2v) is 9.11. The zero-order valence-electron chi connectivity index (χ0n) is 19.4. The molecule has 3 aliphatic rings. The summed E-state index contributed by atoms with van der Waals surface area (Å²) in [6, 6.07) is 5.83. The molecule has 9 nitrogen and oxygen atoms in total. The summed E-state index contributed by atoms with van der Waals surface area (Å²) in [5, 5.41) is 16.3. The molecule has 2 aromatic rings. The third-order valence-electron chi connectivity index (χ3n) is 6.98. The van der Waals surface area contributed by atoms with Gasteiger partial charge in [-0.3, -0.25) is 14.9 Å². The van der Waals surface area contributed by atoms with Gasteiger partial charge in [-0.25, -0.2) is 13.6 Å². The van der Waals surface area contributed by atoms with Crippen LogP contribution < -0.4 is 25.6 Å². The van der Waals surface area contributed by atoms with E-state index >= 15 is 4.39 Å². The van der Waals surface area contributed by atoms with Crippen LogP contribution in [0.25, 0.3) is 0 Å². The molecule has 3 aliphatic heterocycles. The van der Waals surface area contributed by atoms with Gasteiger partial charge in [0.1, 0.15) is 17.4 Å². The Hall–Kier alpha value is -4.20. The molecule has 4 amide bonds. The summed E-state index contributed by atoms with van der Waals surface area (Å²) in [6.07, 6.45) is 0.849. The molecular formula is C25H23F2N5O4. The smallest absolute Gasteiger partial charge is 0.319 e. The number of benzene rings is 2. The van der Waals surface area contributed by atoms with Crippen molar-refractivity contribution in [1.82, 2.24) is 10.6 Å². The molecule has 0 aromatic heterocycles. The fraction of sp³-hybridized carbons (Fsp3) is 0.360. The van der Waals surface area contributed by atoms with E-state index in [1.165, 1.54) is 18.2 Å². The summed E-state index contributed by atoms with van der Waals surface area (Å²) in [6.45, 7) is 2.59. The first-order valence-corrected chi connectivity index (χ1v) is 11.6. The average molecular weight is 495 g/mol. The van der Waals surface area contributed by atoms with E-state index in [-0.39, 0.29) is 47.6 Å². The van der Waals surface area contributed by atoms with Gasteiger partial charge >= 0.3 is 6.03 Å². The Morgan fingerprint density at radius 3 is 2.72 bits per heavy atom. The molecule has 0 bridgehead atoms. The van der Waals surface area contributed by atoms with Gasteiger partial charge in [-0.2, -0.15) is 5.26 Å². The van der Waals surface area contributed by atoms with E-state index in [0.717, 1.165) is 6.07 Å². The molecule has 0 saturated carbocycles. The van der Waals surface area contributed by atoms with Gasteiger partial charge in [-0.15, -0.1) is 0 Å². The SMILES string of the molecule is C[C@H]1[C@H](NC(=O)Nc2ccc(C#N)cc2F)CN1c1cc(F)c([C@H]2CCC(=O)NC2=O)c2c1OCC2. The Bertz CT molecular complexity index is 1320. The van der Waals surface area contributed by atoms with Crippen molar-refractivity contribution in [3.8, 4) is 11.8 Å². The minimum atomic E-state index is -0.748.